The number of benzene rings is 2. The number of esters is 1. The van der Waals surface area contributed by atoms with Gasteiger partial charge in [-0.25, -0.2) is 17.9 Å². The van der Waals surface area contributed by atoms with Gasteiger partial charge in [0.05, 0.1) is 29.8 Å². The average Bonchev–Trinajstić information content (AvgIpc) is 3.03. The summed E-state index contributed by atoms with van der Waals surface area (Å²) in [6.45, 7) is 4.67. The van der Waals surface area contributed by atoms with Crippen LogP contribution in [0.15, 0.2) is 57.9 Å². The van der Waals surface area contributed by atoms with Gasteiger partial charge in [-0.1, -0.05) is 24.3 Å². The van der Waals surface area contributed by atoms with Crippen molar-refractivity contribution in [2.75, 3.05) is 7.11 Å². The molecule has 1 aromatic heterocycles. The quantitative estimate of drug-likeness (QED) is 0.510. The number of aromatic nitrogens is 2. The molecular weight excluding hydrogens is 470 g/mol. The van der Waals surface area contributed by atoms with Crippen LogP contribution in [0.4, 0.5) is 0 Å². The zero-order valence-corrected chi connectivity index (χ0v) is 19.2. The van der Waals surface area contributed by atoms with E-state index in [0.29, 0.717) is 11.0 Å². The molecule has 0 radical (unpaired) electrons. The highest BCUT2D eigenvalue weighted by Gasteiger charge is 2.19. The number of ether oxygens (including phenoxy) is 1. The van der Waals surface area contributed by atoms with Crippen LogP contribution in [0.5, 0.6) is 0 Å². The van der Waals surface area contributed by atoms with Crippen molar-refractivity contribution in [1.82, 2.24) is 14.5 Å². The van der Waals surface area contributed by atoms with Crippen molar-refractivity contribution >= 4 is 31.9 Å². The van der Waals surface area contributed by atoms with Crippen molar-refractivity contribution in [2.24, 2.45) is 0 Å². The molecule has 3 rings (SSSR count). The Kier molecular flexibility index (Phi) is 6.74. The highest BCUT2D eigenvalue weighted by molar-refractivity contribution is 9.10. The van der Waals surface area contributed by atoms with Crippen LogP contribution >= 0.6 is 15.9 Å². The topological polar surface area (TPSA) is 90.3 Å². The second-order valence-corrected chi connectivity index (χ2v) is 9.48. The predicted molar refractivity (Wildman–Crippen MR) is 117 cm³/mol. The van der Waals surface area contributed by atoms with E-state index >= 15 is 0 Å². The van der Waals surface area contributed by atoms with Crippen LogP contribution in [0.1, 0.15) is 32.9 Å². The number of nitrogens with zero attached hydrogens (tertiary/aromatic N) is 2. The number of hydrogen-bond donors (Lipinski definition) is 1. The van der Waals surface area contributed by atoms with Crippen LogP contribution in [-0.2, 0) is 27.8 Å². The Morgan fingerprint density at radius 3 is 2.53 bits per heavy atom. The lowest BCUT2D eigenvalue weighted by Gasteiger charge is -2.11. The average molecular weight is 492 g/mol. The predicted octanol–water partition coefficient (Wildman–Crippen LogP) is 3.58. The van der Waals surface area contributed by atoms with E-state index in [4.69, 9.17) is 4.74 Å². The van der Waals surface area contributed by atoms with Crippen LogP contribution in [0.2, 0.25) is 0 Å². The number of carbonyl (C=O) groups excluding carboxylic acids is 1. The van der Waals surface area contributed by atoms with E-state index < -0.39 is 16.0 Å². The third-order valence-electron chi connectivity index (χ3n) is 4.55. The molecule has 1 N–H and O–H groups in total. The van der Waals surface area contributed by atoms with Gasteiger partial charge in [-0.2, -0.15) is 5.10 Å². The van der Waals surface area contributed by atoms with Crippen LogP contribution in [0.3, 0.4) is 0 Å². The van der Waals surface area contributed by atoms with Gasteiger partial charge in [-0.3, -0.25) is 4.68 Å². The number of nitrogens with one attached hydrogen (secondary N) is 1. The van der Waals surface area contributed by atoms with Gasteiger partial charge in [-0.15, -0.1) is 0 Å². The maximum atomic E-state index is 12.7. The standard InChI is InChI=1S/C21H22BrN3O4S/c1-14-9-15(2)25(24-14)13-17-6-4-5-16(10-17)12-23-30(27,28)18-7-8-20(22)19(11-18)21(26)29-3/h4-11,23H,12-13H2,1-3H3. The molecule has 7 nitrogen and oxygen atoms in total. The molecule has 0 saturated carbocycles. The van der Waals surface area contributed by atoms with E-state index in [0.717, 1.165) is 22.5 Å². The second-order valence-electron chi connectivity index (χ2n) is 6.86. The molecule has 9 heteroatoms. The molecule has 0 atom stereocenters. The van der Waals surface area contributed by atoms with Gasteiger partial charge in [-0.05, 0) is 65.2 Å². The first-order chi connectivity index (χ1) is 14.2. The molecule has 0 aliphatic heterocycles. The molecule has 2 aromatic carbocycles. The third kappa shape index (κ3) is 5.16. The molecule has 0 saturated heterocycles. The highest BCUT2D eigenvalue weighted by atomic mass is 79.9. The lowest BCUT2D eigenvalue weighted by atomic mass is 10.1. The van der Waals surface area contributed by atoms with Crippen molar-refractivity contribution in [3.8, 4) is 0 Å². The summed E-state index contributed by atoms with van der Waals surface area (Å²) in [5.41, 5.74) is 4.01. The van der Waals surface area contributed by atoms with Crippen molar-refractivity contribution in [1.29, 1.82) is 0 Å². The number of aryl methyl sites for hydroxylation is 2. The fourth-order valence-electron chi connectivity index (χ4n) is 3.05. The minimum Gasteiger partial charge on any atom is -0.465 e. The van der Waals surface area contributed by atoms with Gasteiger partial charge in [0.2, 0.25) is 10.0 Å². The SMILES string of the molecule is COC(=O)c1cc(S(=O)(=O)NCc2cccc(Cn3nc(C)cc3C)c2)ccc1Br. The van der Waals surface area contributed by atoms with Crippen molar-refractivity contribution < 1.29 is 17.9 Å². The monoisotopic (exact) mass is 491 g/mol. The number of rotatable bonds is 7. The summed E-state index contributed by atoms with van der Waals surface area (Å²) in [6.07, 6.45) is 0. The Balaban J connectivity index is 1.75. The first-order valence-corrected chi connectivity index (χ1v) is 11.4. The molecule has 3 aromatic rings. The summed E-state index contributed by atoms with van der Waals surface area (Å²) in [4.78, 5) is 11.8. The normalized spacial score (nSPS) is 11.5. The summed E-state index contributed by atoms with van der Waals surface area (Å²) in [6, 6.07) is 13.9. The molecule has 0 unspecified atom stereocenters. The van der Waals surface area contributed by atoms with E-state index in [1.165, 1.54) is 25.3 Å². The van der Waals surface area contributed by atoms with Crippen molar-refractivity contribution in [3.05, 3.63) is 81.1 Å². The number of carbonyl (C=O) groups is 1. The lowest BCUT2D eigenvalue weighted by molar-refractivity contribution is 0.0599. The maximum absolute atomic E-state index is 12.7. The van der Waals surface area contributed by atoms with Gasteiger partial charge < -0.3 is 4.74 Å². The van der Waals surface area contributed by atoms with Crippen LogP contribution in [-0.4, -0.2) is 31.3 Å². The molecule has 0 amide bonds. The Bertz CT molecular complexity index is 1190. The van der Waals surface area contributed by atoms with E-state index in [-0.39, 0.29) is 17.0 Å². The van der Waals surface area contributed by atoms with Gasteiger partial charge in [0.25, 0.3) is 0 Å². The highest BCUT2D eigenvalue weighted by Crippen LogP contribution is 2.22. The summed E-state index contributed by atoms with van der Waals surface area (Å²) >= 11 is 3.23. The van der Waals surface area contributed by atoms with E-state index in [1.807, 2.05) is 48.9 Å². The number of methoxy groups -OCH3 is 1. The molecule has 0 aliphatic carbocycles. The lowest BCUT2D eigenvalue weighted by Crippen LogP contribution is -2.23. The van der Waals surface area contributed by atoms with Gasteiger partial charge in [0, 0.05) is 16.7 Å². The van der Waals surface area contributed by atoms with Crippen LogP contribution in [0.25, 0.3) is 0 Å². The third-order valence-corrected chi connectivity index (χ3v) is 6.64. The van der Waals surface area contributed by atoms with Crippen LogP contribution < -0.4 is 4.72 Å². The van der Waals surface area contributed by atoms with Crippen molar-refractivity contribution in [3.63, 3.8) is 0 Å². The summed E-state index contributed by atoms with van der Waals surface area (Å²) < 4.78 is 35.1. The molecule has 0 bridgehead atoms. The smallest absolute Gasteiger partial charge is 0.339 e. The van der Waals surface area contributed by atoms with Gasteiger partial charge in [0.1, 0.15) is 0 Å². The minimum absolute atomic E-state index is 0.00936. The van der Waals surface area contributed by atoms with E-state index in [1.54, 1.807) is 0 Å². The van der Waals surface area contributed by atoms with Gasteiger partial charge >= 0.3 is 5.97 Å². The fraction of sp³-hybridized carbons (Fsp3) is 0.238. The number of halogens is 1. The second kappa shape index (κ2) is 9.11. The zero-order valence-electron chi connectivity index (χ0n) is 16.8. The van der Waals surface area contributed by atoms with Gasteiger partial charge in [0.15, 0.2) is 0 Å². The number of sulfonamides is 1. The Labute approximate surface area is 184 Å². The summed E-state index contributed by atoms with van der Waals surface area (Å²) in [7, 11) is -2.57. The number of hydrogen-bond acceptors (Lipinski definition) is 5. The molecule has 158 valence electrons. The summed E-state index contributed by atoms with van der Waals surface area (Å²) in [5, 5.41) is 4.46. The van der Waals surface area contributed by atoms with Crippen LogP contribution in [0, 0.1) is 13.8 Å². The molecule has 0 aliphatic rings. The zero-order chi connectivity index (χ0) is 21.9. The fourth-order valence-corrected chi connectivity index (χ4v) is 4.50. The summed E-state index contributed by atoms with van der Waals surface area (Å²) in [5.74, 6) is -0.615. The molecule has 1 heterocycles. The van der Waals surface area contributed by atoms with E-state index in [9.17, 15) is 13.2 Å². The first-order valence-electron chi connectivity index (χ1n) is 9.16. The molecular formula is C21H22BrN3O4S. The maximum Gasteiger partial charge on any atom is 0.339 e. The van der Waals surface area contributed by atoms with E-state index in [2.05, 4.69) is 25.8 Å². The molecule has 30 heavy (non-hydrogen) atoms. The molecule has 0 fully saturated rings. The first kappa shape index (κ1) is 22.2. The Hall–Kier alpha value is -2.49. The Morgan fingerprint density at radius 2 is 1.87 bits per heavy atom. The Morgan fingerprint density at radius 1 is 1.13 bits per heavy atom. The largest absolute Gasteiger partial charge is 0.465 e. The van der Waals surface area contributed by atoms with Crippen molar-refractivity contribution in [2.45, 2.75) is 31.8 Å². The minimum atomic E-state index is -3.81. The molecule has 0 spiro atoms.